The number of nitrogens with zero attached hydrogens (tertiary/aromatic N) is 4. The third-order valence-electron chi connectivity index (χ3n) is 3.72. The van der Waals surface area contributed by atoms with Crippen LogP contribution in [0, 0.1) is 13.8 Å². The van der Waals surface area contributed by atoms with Gasteiger partial charge in [-0.3, -0.25) is 9.36 Å². The monoisotopic (exact) mass is 334 g/mol. The molecular weight excluding hydrogens is 316 g/mol. The fourth-order valence-electron chi connectivity index (χ4n) is 2.31. The maximum absolute atomic E-state index is 12.5. The zero-order chi connectivity index (χ0) is 15.7. The second kappa shape index (κ2) is 6.26. The molecule has 7 heteroatoms. The topological polar surface area (TPSA) is 52.7 Å². The molecule has 0 N–H and O–H groups in total. The Morgan fingerprint density at radius 2 is 2.18 bits per heavy atom. The highest BCUT2D eigenvalue weighted by molar-refractivity contribution is 7.99. The third kappa shape index (κ3) is 2.83. The largest absolute Gasteiger partial charge is 0.337 e. The van der Waals surface area contributed by atoms with Gasteiger partial charge in [-0.2, -0.15) is 0 Å². The van der Waals surface area contributed by atoms with Crippen LogP contribution in [0.4, 0.5) is 0 Å². The lowest BCUT2D eigenvalue weighted by Crippen LogP contribution is -2.20. The first-order valence-corrected chi connectivity index (χ1v) is 8.93. The predicted octanol–water partition coefficient (Wildman–Crippen LogP) is 2.99. The summed E-state index contributed by atoms with van der Waals surface area (Å²) < 4.78 is 3.73. The molecule has 0 aliphatic heterocycles. The van der Waals surface area contributed by atoms with Gasteiger partial charge in [0, 0.05) is 36.6 Å². The first kappa shape index (κ1) is 15.3. The SMILES string of the molecule is Cc1sc2nc(SCCCn3ccnc3)n(C)c(=O)c2c1C. The average Bonchev–Trinajstić information content (AvgIpc) is 3.09. The summed E-state index contributed by atoms with van der Waals surface area (Å²) in [5.74, 6) is 0.924. The standard InChI is InChI=1S/C15H18N4OS2/c1-10-11(2)22-13-12(10)14(20)18(3)15(17-13)21-8-4-6-19-7-5-16-9-19/h5,7,9H,4,6,8H2,1-3H3. The van der Waals surface area contributed by atoms with Gasteiger partial charge in [-0.1, -0.05) is 11.8 Å². The molecule has 0 atom stereocenters. The van der Waals surface area contributed by atoms with Crippen molar-refractivity contribution in [2.75, 3.05) is 5.75 Å². The maximum Gasteiger partial charge on any atom is 0.262 e. The number of thioether (sulfide) groups is 1. The Bertz CT molecular complexity index is 849. The molecule has 0 aliphatic carbocycles. The summed E-state index contributed by atoms with van der Waals surface area (Å²) in [5.41, 5.74) is 1.12. The molecule has 0 saturated heterocycles. The normalized spacial score (nSPS) is 11.4. The Kier molecular flexibility index (Phi) is 4.35. The summed E-state index contributed by atoms with van der Waals surface area (Å²) in [4.78, 5) is 23.2. The van der Waals surface area contributed by atoms with Crippen LogP contribution in [0.2, 0.25) is 0 Å². The van der Waals surface area contributed by atoms with Crippen molar-refractivity contribution in [2.45, 2.75) is 32.0 Å². The highest BCUT2D eigenvalue weighted by Gasteiger charge is 2.14. The van der Waals surface area contributed by atoms with Crippen LogP contribution in [0.1, 0.15) is 16.9 Å². The van der Waals surface area contributed by atoms with Crippen molar-refractivity contribution in [3.8, 4) is 0 Å². The van der Waals surface area contributed by atoms with Gasteiger partial charge in [-0.05, 0) is 25.8 Å². The minimum atomic E-state index is 0.0592. The molecule has 3 heterocycles. The van der Waals surface area contributed by atoms with Gasteiger partial charge in [0.25, 0.3) is 5.56 Å². The summed E-state index contributed by atoms with van der Waals surface area (Å²) in [6.45, 7) is 4.97. The minimum Gasteiger partial charge on any atom is -0.337 e. The molecule has 3 aromatic rings. The first-order valence-electron chi connectivity index (χ1n) is 7.13. The van der Waals surface area contributed by atoms with E-state index in [-0.39, 0.29) is 5.56 Å². The van der Waals surface area contributed by atoms with Crippen molar-refractivity contribution in [3.63, 3.8) is 0 Å². The summed E-state index contributed by atoms with van der Waals surface area (Å²) >= 11 is 3.24. The van der Waals surface area contributed by atoms with Crippen molar-refractivity contribution in [3.05, 3.63) is 39.5 Å². The van der Waals surface area contributed by atoms with Gasteiger partial charge in [-0.15, -0.1) is 11.3 Å². The fraction of sp³-hybridized carbons (Fsp3) is 0.400. The lowest BCUT2D eigenvalue weighted by atomic mass is 10.2. The van der Waals surface area contributed by atoms with E-state index in [1.54, 1.807) is 40.9 Å². The van der Waals surface area contributed by atoms with Crippen molar-refractivity contribution in [1.29, 1.82) is 0 Å². The van der Waals surface area contributed by atoms with E-state index in [1.807, 2.05) is 26.4 Å². The Hall–Kier alpha value is -1.60. The van der Waals surface area contributed by atoms with E-state index in [0.29, 0.717) is 0 Å². The molecule has 0 aliphatic rings. The maximum atomic E-state index is 12.5. The smallest absolute Gasteiger partial charge is 0.262 e. The molecule has 5 nitrogen and oxygen atoms in total. The Morgan fingerprint density at radius 3 is 2.91 bits per heavy atom. The molecule has 0 spiro atoms. The van der Waals surface area contributed by atoms with Gasteiger partial charge >= 0.3 is 0 Å². The minimum absolute atomic E-state index is 0.0592. The first-order chi connectivity index (χ1) is 10.6. The molecule has 0 saturated carbocycles. The average molecular weight is 334 g/mol. The van der Waals surface area contributed by atoms with Crippen LogP contribution in [0.15, 0.2) is 28.7 Å². The summed E-state index contributed by atoms with van der Waals surface area (Å²) in [5, 5.41) is 1.57. The number of hydrogen-bond acceptors (Lipinski definition) is 5. The van der Waals surface area contributed by atoms with Gasteiger partial charge in [0.15, 0.2) is 5.16 Å². The Morgan fingerprint density at radius 1 is 1.36 bits per heavy atom. The number of imidazole rings is 1. The molecule has 3 rings (SSSR count). The van der Waals surface area contributed by atoms with Crippen LogP contribution in [-0.4, -0.2) is 24.9 Å². The van der Waals surface area contributed by atoms with Gasteiger partial charge < -0.3 is 4.57 Å². The van der Waals surface area contributed by atoms with Gasteiger partial charge in [-0.25, -0.2) is 9.97 Å². The van der Waals surface area contributed by atoms with Crippen molar-refractivity contribution in [1.82, 2.24) is 19.1 Å². The van der Waals surface area contributed by atoms with Crippen molar-refractivity contribution < 1.29 is 0 Å². The van der Waals surface area contributed by atoms with Crippen LogP contribution < -0.4 is 5.56 Å². The van der Waals surface area contributed by atoms with E-state index in [2.05, 4.69) is 14.5 Å². The number of aryl methyl sites for hydroxylation is 3. The fourth-order valence-corrected chi connectivity index (χ4v) is 4.28. The number of thiophene rings is 1. The van der Waals surface area contributed by atoms with Crippen LogP contribution in [0.25, 0.3) is 10.2 Å². The Balaban J connectivity index is 1.76. The van der Waals surface area contributed by atoms with E-state index in [0.717, 1.165) is 39.7 Å². The highest BCUT2D eigenvalue weighted by atomic mass is 32.2. The van der Waals surface area contributed by atoms with Gasteiger partial charge in [0.2, 0.25) is 0 Å². The molecule has 0 radical (unpaired) electrons. The van der Waals surface area contributed by atoms with Crippen molar-refractivity contribution >= 4 is 33.3 Å². The predicted molar refractivity (Wildman–Crippen MR) is 91.9 cm³/mol. The lowest BCUT2D eigenvalue weighted by molar-refractivity contribution is 0.679. The summed E-state index contributed by atoms with van der Waals surface area (Å²) in [6.07, 6.45) is 6.58. The molecule has 0 unspecified atom stereocenters. The Labute approximate surface area is 137 Å². The van der Waals surface area contributed by atoms with Gasteiger partial charge in [0.05, 0.1) is 11.7 Å². The van der Waals surface area contributed by atoms with Gasteiger partial charge in [0.1, 0.15) is 4.83 Å². The number of rotatable bonds is 5. The number of hydrogen-bond donors (Lipinski definition) is 0. The van der Waals surface area contributed by atoms with Crippen LogP contribution in [0.5, 0.6) is 0 Å². The molecule has 3 aromatic heterocycles. The highest BCUT2D eigenvalue weighted by Crippen LogP contribution is 2.28. The van der Waals surface area contributed by atoms with E-state index in [1.165, 1.54) is 4.88 Å². The van der Waals surface area contributed by atoms with E-state index in [4.69, 9.17) is 0 Å². The molecule has 116 valence electrons. The lowest BCUT2D eigenvalue weighted by Gasteiger charge is -2.07. The van der Waals surface area contributed by atoms with Crippen molar-refractivity contribution in [2.24, 2.45) is 7.05 Å². The summed E-state index contributed by atoms with van der Waals surface area (Å²) in [7, 11) is 1.80. The molecule has 0 amide bonds. The van der Waals surface area contributed by atoms with Crippen LogP contribution in [0.3, 0.4) is 0 Å². The van der Waals surface area contributed by atoms with Crippen LogP contribution >= 0.6 is 23.1 Å². The third-order valence-corrected chi connectivity index (χ3v) is 5.94. The molecule has 22 heavy (non-hydrogen) atoms. The summed E-state index contributed by atoms with van der Waals surface area (Å²) in [6, 6.07) is 0. The molecule has 0 aromatic carbocycles. The van der Waals surface area contributed by atoms with E-state index < -0.39 is 0 Å². The van der Waals surface area contributed by atoms with Crippen LogP contribution in [-0.2, 0) is 13.6 Å². The molecule has 0 fully saturated rings. The number of aromatic nitrogens is 4. The molecule has 0 bridgehead atoms. The second-order valence-corrected chi connectivity index (χ2v) is 7.49. The zero-order valence-corrected chi connectivity index (χ0v) is 14.5. The molecular formula is C15H18N4OS2. The van der Waals surface area contributed by atoms with E-state index in [9.17, 15) is 4.79 Å². The van der Waals surface area contributed by atoms with E-state index >= 15 is 0 Å². The second-order valence-electron chi connectivity index (χ2n) is 5.22. The quantitative estimate of drug-likeness (QED) is 0.409. The number of fused-ring (bicyclic) bond motifs is 1. The zero-order valence-electron chi connectivity index (χ0n) is 12.9.